The number of hydrogen-bond donors (Lipinski definition) is 2. The summed E-state index contributed by atoms with van der Waals surface area (Å²) in [5, 5.41) is 12.7. The van der Waals surface area contributed by atoms with Crippen LogP contribution in [0.5, 0.6) is 5.75 Å². The SMILES string of the molecule is CCCNC(=O)CN(Cc1cccc(OC)c1)C1CCC(O)CC1. The summed E-state index contributed by atoms with van der Waals surface area (Å²) in [7, 11) is 1.66. The van der Waals surface area contributed by atoms with Crippen molar-refractivity contribution < 1.29 is 14.6 Å². The van der Waals surface area contributed by atoms with Crippen molar-refractivity contribution in [3.05, 3.63) is 29.8 Å². The number of nitrogens with one attached hydrogen (secondary N) is 1. The number of methoxy groups -OCH3 is 1. The minimum atomic E-state index is -0.186. The van der Waals surface area contributed by atoms with E-state index in [1.807, 2.05) is 18.2 Å². The minimum Gasteiger partial charge on any atom is -0.497 e. The first kappa shape index (κ1) is 18.7. The van der Waals surface area contributed by atoms with Crippen molar-refractivity contribution in [2.24, 2.45) is 0 Å². The molecular formula is C19H30N2O3. The van der Waals surface area contributed by atoms with Gasteiger partial charge in [-0.2, -0.15) is 0 Å². The molecule has 2 N–H and O–H groups in total. The number of nitrogens with zero attached hydrogens (tertiary/aromatic N) is 1. The molecule has 24 heavy (non-hydrogen) atoms. The summed E-state index contributed by atoms with van der Waals surface area (Å²) in [5.41, 5.74) is 1.14. The highest BCUT2D eigenvalue weighted by atomic mass is 16.5. The third-order valence-corrected chi connectivity index (χ3v) is 4.62. The summed E-state index contributed by atoms with van der Waals surface area (Å²) in [5.74, 6) is 0.910. The number of aliphatic hydroxyl groups is 1. The van der Waals surface area contributed by atoms with Crippen LogP contribution in [-0.4, -0.2) is 48.3 Å². The average Bonchev–Trinajstić information content (AvgIpc) is 2.60. The summed E-state index contributed by atoms with van der Waals surface area (Å²) < 4.78 is 5.30. The zero-order valence-corrected chi connectivity index (χ0v) is 14.8. The summed E-state index contributed by atoms with van der Waals surface area (Å²) in [6, 6.07) is 8.34. The predicted molar refractivity (Wildman–Crippen MR) is 95.0 cm³/mol. The molecule has 0 saturated heterocycles. The van der Waals surface area contributed by atoms with Gasteiger partial charge >= 0.3 is 0 Å². The van der Waals surface area contributed by atoms with Crippen LogP contribution in [0.2, 0.25) is 0 Å². The quantitative estimate of drug-likeness (QED) is 0.766. The summed E-state index contributed by atoms with van der Waals surface area (Å²) in [6.45, 7) is 3.89. The number of carbonyl (C=O) groups excluding carboxylic acids is 1. The van der Waals surface area contributed by atoms with E-state index in [-0.39, 0.29) is 12.0 Å². The molecule has 0 aromatic heterocycles. The third kappa shape index (κ3) is 5.80. The van der Waals surface area contributed by atoms with Crippen molar-refractivity contribution in [3.8, 4) is 5.75 Å². The lowest BCUT2D eigenvalue weighted by Crippen LogP contribution is -2.44. The molecule has 0 unspecified atom stereocenters. The average molecular weight is 334 g/mol. The Bertz CT molecular complexity index is 513. The molecule has 1 aliphatic rings. The number of amides is 1. The molecule has 0 bridgehead atoms. The van der Waals surface area contributed by atoms with Crippen LogP contribution in [0.25, 0.3) is 0 Å². The molecule has 134 valence electrons. The number of aliphatic hydroxyl groups excluding tert-OH is 1. The van der Waals surface area contributed by atoms with Crippen LogP contribution in [-0.2, 0) is 11.3 Å². The van der Waals surface area contributed by atoms with Crippen molar-refractivity contribution in [3.63, 3.8) is 0 Å². The maximum atomic E-state index is 12.2. The van der Waals surface area contributed by atoms with Crippen LogP contribution in [0.4, 0.5) is 0 Å². The second-order valence-corrected chi connectivity index (χ2v) is 6.57. The predicted octanol–water partition coefficient (Wildman–Crippen LogP) is 2.33. The summed E-state index contributed by atoms with van der Waals surface area (Å²) in [4.78, 5) is 14.4. The summed E-state index contributed by atoms with van der Waals surface area (Å²) >= 11 is 0. The fourth-order valence-corrected chi connectivity index (χ4v) is 3.25. The second kappa shape index (κ2) is 9.64. The number of rotatable bonds is 8. The smallest absolute Gasteiger partial charge is 0.234 e. The van der Waals surface area contributed by atoms with Gasteiger partial charge in [-0.05, 0) is 49.8 Å². The number of benzene rings is 1. The van der Waals surface area contributed by atoms with E-state index in [1.54, 1.807) is 7.11 Å². The lowest BCUT2D eigenvalue weighted by Gasteiger charge is -2.35. The van der Waals surface area contributed by atoms with E-state index in [9.17, 15) is 9.90 Å². The zero-order chi connectivity index (χ0) is 17.4. The molecule has 0 radical (unpaired) electrons. The first-order valence-electron chi connectivity index (χ1n) is 8.94. The maximum absolute atomic E-state index is 12.2. The monoisotopic (exact) mass is 334 g/mol. The van der Waals surface area contributed by atoms with Crippen molar-refractivity contribution in [2.75, 3.05) is 20.2 Å². The Morgan fingerprint density at radius 3 is 2.75 bits per heavy atom. The zero-order valence-electron chi connectivity index (χ0n) is 14.8. The van der Waals surface area contributed by atoms with Crippen molar-refractivity contribution in [1.82, 2.24) is 10.2 Å². The Labute approximate surface area is 145 Å². The van der Waals surface area contributed by atoms with Gasteiger partial charge in [0.1, 0.15) is 5.75 Å². The van der Waals surface area contributed by atoms with Crippen LogP contribution in [0, 0.1) is 0 Å². The first-order chi connectivity index (χ1) is 11.6. The number of carbonyl (C=O) groups is 1. The standard InChI is InChI=1S/C19H30N2O3/c1-3-11-20-19(23)14-21(16-7-9-17(22)10-8-16)13-15-5-4-6-18(12-15)24-2/h4-6,12,16-17,22H,3,7-11,13-14H2,1-2H3,(H,20,23). The molecule has 1 amide bonds. The van der Waals surface area contributed by atoms with Crippen molar-refractivity contribution in [1.29, 1.82) is 0 Å². The van der Waals surface area contributed by atoms with Crippen LogP contribution < -0.4 is 10.1 Å². The van der Waals surface area contributed by atoms with Crippen LogP contribution in [0.1, 0.15) is 44.6 Å². The van der Waals surface area contributed by atoms with E-state index in [1.165, 1.54) is 0 Å². The van der Waals surface area contributed by atoms with Crippen LogP contribution >= 0.6 is 0 Å². The van der Waals surface area contributed by atoms with E-state index in [0.29, 0.717) is 12.6 Å². The maximum Gasteiger partial charge on any atom is 0.234 e. The van der Waals surface area contributed by atoms with Gasteiger partial charge in [-0.3, -0.25) is 9.69 Å². The van der Waals surface area contributed by atoms with Gasteiger partial charge in [-0.15, -0.1) is 0 Å². The largest absolute Gasteiger partial charge is 0.497 e. The second-order valence-electron chi connectivity index (χ2n) is 6.57. The van der Waals surface area contributed by atoms with Crippen molar-refractivity contribution in [2.45, 2.75) is 57.7 Å². The molecular weight excluding hydrogens is 304 g/mol. The molecule has 1 fully saturated rings. The highest BCUT2D eigenvalue weighted by molar-refractivity contribution is 5.78. The van der Waals surface area contributed by atoms with E-state index < -0.39 is 0 Å². The summed E-state index contributed by atoms with van der Waals surface area (Å²) in [6.07, 6.45) is 4.26. The Morgan fingerprint density at radius 2 is 2.08 bits per heavy atom. The van der Waals surface area contributed by atoms with Gasteiger partial charge in [0.2, 0.25) is 5.91 Å². The third-order valence-electron chi connectivity index (χ3n) is 4.62. The number of hydrogen-bond acceptors (Lipinski definition) is 4. The molecule has 1 aromatic rings. The highest BCUT2D eigenvalue weighted by Crippen LogP contribution is 2.25. The molecule has 5 heteroatoms. The number of ether oxygens (including phenoxy) is 1. The lowest BCUT2D eigenvalue weighted by molar-refractivity contribution is -0.123. The van der Waals surface area contributed by atoms with Crippen LogP contribution in [0.3, 0.4) is 0 Å². The molecule has 2 rings (SSSR count). The molecule has 5 nitrogen and oxygen atoms in total. The fourth-order valence-electron chi connectivity index (χ4n) is 3.25. The minimum absolute atomic E-state index is 0.0749. The molecule has 0 atom stereocenters. The van der Waals surface area contributed by atoms with Gasteiger partial charge in [0.05, 0.1) is 19.8 Å². The normalized spacial score (nSPS) is 20.8. The Kier molecular flexibility index (Phi) is 7.53. The van der Waals surface area contributed by atoms with E-state index in [2.05, 4.69) is 23.2 Å². The molecule has 1 aromatic carbocycles. The van der Waals surface area contributed by atoms with Crippen LogP contribution in [0.15, 0.2) is 24.3 Å². The Hall–Kier alpha value is -1.59. The van der Waals surface area contributed by atoms with Gasteiger partial charge in [0, 0.05) is 19.1 Å². The fraction of sp³-hybridized carbons (Fsp3) is 0.632. The van der Waals surface area contributed by atoms with Gasteiger partial charge in [-0.1, -0.05) is 19.1 Å². The Morgan fingerprint density at radius 1 is 1.33 bits per heavy atom. The first-order valence-corrected chi connectivity index (χ1v) is 8.94. The van der Waals surface area contributed by atoms with Gasteiger partial charge < -0.3 is 15.2 Å². The van der Waals surface area contributed by atoms with E-state index in [0.717, 1.165) is 56.5 Å². The lowest BCUT2D eigenvalue weighted by atomic mass is 9.91. The topological polar surface area (TPSA) is 61.8 Å². The van der Waals surface area contributed by atoms with E-state index >= 15 is 0 Å². The Balaban J connectivity index is 2.04. The molecule has 0 aliphatic heterocycles. The van der Waals surface area contributed by atoms with Crippen molar-refractivity contribution >= 4 is 5.91 Å². The van der Waals surface area contributed by atoms with Gasteiger partial charge in [0.25, 0.3) is 0 Å². The molecule has 0 spiro atoms. The van der Waals surface area contributed by atoms with Gasteiger partial charge in [0.15, 0.2) is 0 Å². The van der Waals surface area contributed by atoms with E-state index in [4.69, 9.17) is 4.74 Å². The molecule has 1 saturated carbocycles. The molecule has 0 heterocycles. The molecule has 1 aliphatic carbocycles. The highest BCUT2D eigenvalue weighted by Gasteiger charge is 2.26. The van der Waals surface area contributed by atoms with Gasteiger partial charge in [-0.25, -0.2) is 0 Å².